The predicted octanol–water partition coefficient (Wildman–Crippen LogP) is 1.87. The molecule has 1 rings (SSSR count). The number of hydrogen-bond acceptors (Lipinski definition) is 7. The molecular formula is C13H10N4O4. The molecule has 0 aromatic heterocycles. The van der Waals surface area contributed by atoms with Crippen molar-refractivity contribution in [2.75, 3.05) is 11.9 Å². The van der Waals surface area contributed by atoms with Crippen molar-refractivity contribution >= 4 is 17.3 Å². The van der Waals surface area contributed by atoms with Crippen LogP contribution in [-0.4, -0.2) is 17.5 Å². The zero-order chi connectivity index (χ0) is 15.8. The number of nitro groups is 1. The maximum Gasteiger partial charge on any atom is 0.351 e. The molecule has 0 heterocycles. The first kappa shape index (κ1) is 15.7. The van der Waals surface area contributed by atoms with E-state index in [1.807, 2.05) is 0 Å². The van der Waals surface area contributed by atoms with Crippen LogP contribution < -0.4 is 5.32 Å². The van der Waals surface area contributed by atoms with Crippen LogP contribution in [0.2, 0.25) is 0 Å². The van der Waals surface area contributed by atoms with E-state index in [1.54, 1.807) is 19.1 Å². The van der Waals surface area contributed by atoms with Crippen molar-refractivity contribution in [1.29, 1.82) is 10.5 Å². The Kier molecular flexibility index (Phi) is 5.42. The van der Waals surface area contributed by atoms with E-state index < -0.39 is 16.5 Å². The Hall–Kier alpha value is -3.39. The number of nitrogens with zero attached hydrogens (tertiary/aromatic N) is 3. The van der Waals surface area contributed by atoms with E-state index in [2.05, 4.69) is 10.1 Å². The minimum Gasteiger partial charge on any atom is -0.462 e. The van der Waals surface area contributed by atoms with E-state index in [9.17, 15) is 14.9 Å². The number of carbonyl (C=O) groups excluding carboxylic acids is 1. The van der Waals surface area contributed by atoms with Crippen LogP contribution in [0.4, 0.5) is 11.4 Å². The van der Waals surface area contributed by atoms with E-state index in [0.29, 0.717) is 5.69 Å². The molecule has 0 saturated carbocycles. The number of nitrogens with one attached hydrogen (secondary N) is 1. The molecule has 0 aliphatic carbocycles. The summed E-state index contributed by atoms with van der Waals surface area (Å²) in [5, 5.41) is 31.0. The fourth-order valence-electron chi connectivity index (χ4n) is 1.36. The second kappa shape index (κ2) is 7.26. The first-order valence-electron chi connectivity index (χ1n) is 5.76. The number of esters is 1. The lowest BCUT2D eigenvalue weighted by atomic mass is 10.2. The minimum atomic E-state index is -0.911. The summed E-state index contributed by atoms with van der Waals surface area (Å²) in [6.45, 7) is 1.64. The van der Waals surface area contributed by atoms with E-state index in [0.717, 1.165) is 0 Å². The van der Waals surface area contributed by atoms with Crippen LogP contribution in [0.5, 0.6) is 0 Å². The van der Waals surface area contributed by atoms with Crippen LogP contribution in [0.1, 0.15) is 6.92 Å². The number of ether oxygens (including phenoxy) is 1. The fourth-order valence-corrected chi connectivity index (χ4v) is 1.36. The molecule has 8 heteroatoms. The lowest BCUT2D eigenvalue weighted by Gasteiger charge is -2.06. The van der Waals surface area contributed by atoms with Gasteiger partial charge in [-0.25, -0.2) is 4.79 Å². The number of nitriles is 2. The van der Waals surface area contributed by atoms with Gasteiger partial charge >= 0.3 is 5.97 Å². The smallest absolute Gasteiger partial charge is 0.351 e. The average molecular weight is 286 g/mol. The topological polar surface area (TPSA) is 129 Å². The Balaban J connectivity index is 3.06. The van der Waals surface area contributed by atoms with Crippen molar-refractivity contribution in [3.05, 3.63) is 45.6 Å². The fraction of sp³-hybridized carbons (Fsp3) is 0.154. The molecule has 21 heavy (non-hydrogen) atoms. The molecule has 0 unspecified atom stereocenters. The minimum absolute atomic E-state index is 0.0697. The zero-order valence-corrected chi connectivity index (χ0v) is 11.0. The molecule has 0 radical (unpaired) electrons. The molecule has 0 spiro atoms. The Morgan fingerprint density at radius 3 is 2.38 bits per heavy atom. The highest BCUT2D eigenvalue weighted by atomic mass is 16.6. The van der Waals surface area contributed by atoms with Gasteiger partial charge in [0, 0.05) is 17.8 Å². The molecule has 1 aromatic rings. The van der Waals surface area contributed by atoms with Crippen LogP contribution in [0.15, 0.2) is 35.5 Å². The van der Waals surface area contributed by atoms with Gasteiger partial charge in [-0.15, -0.1) is 0 Å². The van der Waals surface area contributed by atoms with Gasteiger partial charge in [0.15, 0.2) is 5.57 Å². The monoisotopic (exact) mass is 286 g/mol. The molecule has 0 bridgehead atoms. The van der Waals surface area contributed by atoms with Gasteiger partial charge in [0.1, 0.15) is 17.8 Å². The number of nitro benzene ring substituents is 1. The molecular weight excluding hydrogens is 276 g/mol. The van der Waals surface area contributed by atoms with Crippen molar-refractivity contribution < 1.29 is 14.5 Å². The molecule has 0 saturated heterocycles. The molecule has 0 fully saturated rings. The lowest BCUT2D eigenvalue weighted by Crippen LogP contribution is -2.12. The number of benzene rings is 1. The Morgan fingerprint density at radius 1 is 1.33 bits per heavy atom. The van der Waals surface area contributed by atoms with Gasteiger partial charge in [-0.2, -0.15) is 10.5 Å². The first-order valence-corrected chi connectivity index (χ1v) is 5.76. The van der Waals surface area contributed by atoms with Crippen molar-refractivity contribution in [1.82, 2.24) is 0 Å². The standard InChI is InChI=1S/C13H10N4O4/c1-2-21-13(18)11(7-14)12(8-15)16-9-3-5-10(6-4-9)17(19)20/h3-6,16H,2H2,1H3/b12-11+. The van der Waals surface area contributed by atoms with Crippen molar-refractivity contribution in [3.8, 4) is 12.1 Å². The van der Waals surface area contributed by atoms with E-state index in [-0.39, 0.29) is 18.0 Å². The summed E-state index contributed by atoms with van der Waals surface area (Å²) in [5.41, 5.74) is -0.536. The van der Waals surface area contributed by atoms with Crippen molar-refractivity contribution in [3.63, 3.8) is 0 Å². The number of hydrogen-bond donors (Lipinski definition) is 1. The largest absolute Gasteiger partial charge is 0.462 e. The van der Waals surface area contributed by atoms with Gasteiger partial charge in [-0.3, -0.25) is 10.1 Å². The van der Waals surface area contributed by atoms with E-state index >= 15 is 0 Å². The van der Waals surface area contributed by atoms with Crippen molar-refractivity contribution in [2.24, 2.45) is 0 Å². The number of rotatable bonds is 5. The summed E-state index contributed by atoms with van der Waals surface area (Å²) in [6, 6.07) is 8.46. The number of non-ortho nitro benzene ring substituents is 1. The molecule has 8 nitrogen and oxygen atoms in total. The second-order valence-electron chi connectivity index (χ2n) is 3.62. The average Bonchev–Trinajstić information content (AvgIpc) is 2.47. The van der Waals surface area contributed by atoms with Crippen LogP contribution in [0.3, 0.4) is 0 Å². The van der Waals surface area contributed by atoms with Gasteiger partial charge in [-0.05, 0) is 19.1 Å². The molecule has 0 aliphatic heterocycles. The zero-order valence-electron chi connectivity index (χ0n) is 11.0. The number of anilines is 1. The molecule has 0 amide bonds. The Morgan fingerprint density at radius 2 is 1.95 bits per heavy atom. The molecule has 106 valence electrons. The summed E-state index contributed by atoms with van der Waals surface area (Å²) in [7, 11) is 0. The molecule has 1 aromatic carbocycles. The maximum atomic E-state index is 11.5. The normalized spacial score (nSPS) is 10.6. The number of carbonyl (C=O) groups is 1. The molecule has 0 atom stereocenters. The highest BCUT2D eigenvalue weighted by molar-refractivity contribution is 5.95. The van der Waals surface area contributed by atoms with E-state index in [4.69, 9.17) is 10.5 Å². The van der Waals surface area contributed by atoms with Gasteiger partial charge in [0.05, 0.1) is 11.5 Å². The van der Waals surface area contributed by atoms with Gasteiger partial charge in [0.2, 0.25) is 0 Å². The van der Waals surface area contributed by atoms with Gasteiger partial charge in [0.25, 0.3) is 5.69 Å². The summed E-state index contributed by atoms with van der Waals surface area (Å²) >= 11 is 0. The Labute approximate surface area is 120 Å². The third kappa shape index (κ3) is 4.04. The van der Waals surface area contributed by atoms with Gasteiger partial charge in [-0.1, -0.05) is 0 Å². The molecule has 1 N–H and O–H groups in total. The third-order valence-corrected chi connectivity index (χ3v) is 2.30. The lowest BCUT2D eigenvalue weighted by molar-refractivity contribution is -0.384. The highest BCUT2D eigenvalue weighted by Gasteiger charge is 2.17. The first-order chi connectivity index (χ1) is 10.0. The summed E-state index contributed by atoms with van der Waals surface area (Å²) in [6.07, 6.45) is 0. The van der Waals surface area contributed by atoms with Crippen LogP contribution in [0, 0.1) is 32.8 Å². The van der Waals surface area contributed by atoms with Crippen LogP contribution in [-0.2, 0) is 9.53 Å². The summed E-state index contributed by atoms with van der Waals surface area (Å²) < 4.78 is 4.67. The second-order valence-corrected chi connectivity index (χ2v) is 3.62. The van der Waals surface area contributed by atoms with Crippen LogP contribution >= 0.6 is 0 Å². The van der Waals surface area contributed by atoms with Crippen LogP contribution in [0.25, 0.3) is 0 Å². The van der Waals surface area contributed by atoms with E-state index in [1.165, 1.54) is 24.3 Å². The third-order valence-electron chi connectivity index (χ3n) is 2.30. The van der Waals surface area contributed by atoms with Crippen molar-refractivity contribution in [2.45, 2.75) is 6.92 Å². The summed E-state index contributed by atoms with van der Waals surface area (Å²) in [4.78, 5) is 21.5. The SMILES string of the molecule is CCOC(=O)/C(C#N)=C(\C#N)Nc1ccc([N+](=O)[O-])cc1. The molecule has 0 aliphatic rings. The number of allylic oxidation sites excluding steroid dienone is 1. The maximum absolute atomic E-state index is 11.5. The van der Waals surface area contributed by atoms with Gasteiger partial charge < -0.3 is 10.1 Å². The Bertz CT molecular complexity index is 665. The predicted molar refractivity (Wildman–Crippen MR) is 71.6 cm³/mol. The summed E-state index contributed by atoms with van der Waals surface area (Å²) in [5.74, 6) is -0.911. The highest BCUT2D eigenvalue weighted by Crippen LogP contribution is 2.18. The quantitative estimate of drug-likeness (QED) is 0.287.